The van der Waals surface area contributed by atoms with Crippen molar-refractivity contribution in [1.29, 1.82) is 0 Å². The Morgan fingerprint density at radius 2 is 2.18 bits per heavy atom. The van der Waals surface area contributed by atoms with Crippen molar-refractivity contribution in [3.8, 4) is 0 Å². The Labute approximate surface area is 106 Å². The normalized spacial score (nSPS) is 10.8. The number of benzene rings is 1. The molecule has 1 aromatic heterocycles. The lowest BCUT2D eigenvalue weighted by Crippen LogP contribution is -2.09. The van der Waals surface area contributed by atoms with Gasteiger partial charge in [0.15, 0.2) is 0 Å². The predicted octanol–water partition coefficient (Wildman–Crippen LogP) is 2.38. The van der Waals surface area contributed by atoms with Crippen LogP contribution in [0.3, 0.4) is 0 Å². The second-order valence-electron chi connectivity index (χ2n) is 4.07. The van der Waals surface area contributed by atoms with Crippen molar-refractivity contribution in [2.24, 2.45) is 7.05 Å². The minimum absolute atomic E-state index is 0.772. The van der Waals surface area contributed by atoms with E-state index in [0.717, 1.165) is 23.8 Å². The Kier molecular flexibility index (Phi) is 3.82. The van der Waals surface area contributed by atoms with Gasteiger partial charge in [-0.25, -0.2) is 4.98 Å². The third-order valence-corrected chi connectivity index (χ3v) is 3.04. The van der Waals surface area contributed by atoms with Crippen LogP contribution in [0.5, 0.6) is 0 Å². The van der Waals surface area contributed by atoms with Crippen LogP contribution in [-0.2, 0) is 20.0 Å². The topological polar surface area (TPSA) is 29.9 Å². The molecule has 17 heavy (non-hydrogen) atoms. The monoisotopic (exact) mass is 249 g/mol. The fourth-order valence-electron chi connectivity index (χ4n) is 1.86. The van der Waals surface area contributed by atoms with Crippen molar-refractivity contribution >= 4 is 11.6 Å². The maximum atomic E-state index is 6.05. The second-order valence-corrected chi connectivity index (χ2v) is 4.51. The van der Waals surface area contributed by atoms with Crippen molar-refractivity contribution in [1.82, 2.24) is 14.9 Å². The molecule has 0 atom stereocenters. The van der Waals surface area contributed by atoms with Crippen LogP contribution < -0.4 is 5.32 Å². The molecule has 0 aliphatic rings. The highest BCUT2D eigenvalue weighted by Gasteiger charge is 2.07. The van der Waals surface area contributed by atoms with E-state index in [9.17, 15) is 0 Å². The zero-order chi connectivity index (χ0) is 12.3. The minimum atomic E-state index is 0.772. The molecular formula is C13H16ClN3. The van der Waals surface area contributed by atoms with Gasteiger partial charge in [0, 0.05) is 37.4 Å². The highest BCUT2D eigenvalue weighted by atomic mass is 35.5. The van der Waals surface area contributed by atoms with Gasteiger partial charge in [-0.2, -0.15) is 0 Å². The first-order chi connectivity index (χ1) is 8.20. The summed E-state index contributed by atoms with van der Waals surface area (Å²) in [6.45, 7) is 0.844. The van der Waals surface area contributed by atoms with Gasteiger partial charge in [0.2, 0.25) is 0 Å². The van der Waals surface area contributed by atoms with Crippen LogP contribution in [0.2, 0.25) is 5.02 Å². The number of nitrogens with zero attached hydrogens (tertiary/aromatic N) is 2. The first kappa shape index (κ1) is 12.1. The summed E-state index contributed by atoms with van der Waals surface area (Å²) in [6, 6.07) is 6.01. The molecule has 90 valence electrons. The molecule has 0 saturated heterocycles. The van der Waals surface area contributed by atoms with Crippen LogP contribution in [0.1, 0.15) is 17.0 Å². The molecule has 0 spiro atoms. The first-order valence-electron chi connectivity index (χ1n) is 5.59. The summed E-state index contributed by atoms with van der Waals surface area (Å²) in [5, 5.41) is 3.94. The quantitative estimate of drug-likeness (QED) is 0.902. The zero-order valence-electron chi connectivity index (χ0n) is 10.1. The molecular weight excluding hydrogens is 234 g/mol. The predicted molar refractivity (Wildman–Crippen MR) is 70.2 cm³/mol. The molecule has 0 aliphatic carbocycles. The third kappa shape index (κ3) is 2.87. The Balaban J connectivity index is 2.30. The molecule has 0 bridgehead atoms. The van der Waals surface area contributed by atoms with E-state index in [-0.39, 0.29) is 0 Å². The number of aryl methyl sites for hydroxylation is 1. The fourth-order valence-corrected chi connectivity index (χ4v) is 2.05. The maximum absolute atomic E-state index is 6.05. The highest BCUT2D eigenvalue weighted by molar-refractivity contribution is 6.30. The number of rotatable bonds is 4. The molecule has 0 aliphatic heterocycles. The van der Waals surface area contributed by atoms with Gasteiger partial charge in [0.1, 0.15) is 5.82 Å². The van der Waals surface area contributed by atoms with E-state index in [0.29, 0.717) is 0 Å². The number of imidazole rings is 1. The number of halogens is 1. The van der Waals surface area contributed by atoms with Crippen LogP contribution in [0.4, 0.5) is 0 Å². The van der Waals surface area contributed by atoms with Gasteiger partial charge < -0.3 is 9.88 Å². The summed E-state index contributed by atoms with van der Waals surface area (Å²) < 4.78 is 2.03. The van der Waals surface area contributed by atoms with Crippen LogP contribution in [0, 0.1) is 0 Å². The molecule has 1 heterocycles. The summed E-state index contributed by atoms with van der Waals surface area (Å²) in [6.07, 6.45) is 4.58. The average Bonchev–Trinajstić information content (AvgIpc) is 2.69. The van der Waals surface area contributed by atoms with Crippen molar-refractivity contribution in [2.45, 2.75) is 13.0 Å². The molecule has 4 heteroatoms. The average molecular weight is 250 g/mol. The smallest absolute Gasteiger partial charge is 0.112 e. The summed E-state index contributed by atoms with van der Waals surface area (Å²) in [5.74, 6) is 1.05. The number of nitrogens with one attached hydrogen (secondary N) is 1. The van der Waals surface area contributed by atoms with E-state index in [1.165, 1.54) is 11.1 Å². The van der Waals surface area contributed by atoms with E-state index in [4.69, 9.17) is 11.6 Å². The zero-order valence-corrected chi connectivity index (χ0v) is 10.8. The van der Waals surface area contributed by atoms with Crippen molar-refractivity contribution < 1.29 is 0 Å². The number of hydrogen-bond donors (Lipinski definition) is 1. The molecule has 0 fully saturated rings. The molecule has 1 N–H and O–H groups in total. The lowest BCUT2D eigenvalue weighted by molar-refractivity contribution is 0.787. The molecule has 0 amide bonds. The SMILES string of the molecule is CNCc1ccc(Cl)cc1Cc1nccn1C. The third-order valence-electron chi connectivity index (χ3n) is 2.81. The van der Waals surface area contributed by atoms with Crippen molar-refractivity contribution in [2.75, 3.05) is 7.05 Å². The van der Waals surface area contributed by atoms with Gasteiger partial charge in [0.05, 0.1) is 0 Å². The molecule has 1 aromatic carbocycles. The largest absolute Gasteiger partial charge is 0.338 e. The van der Waals surface area contributed by atoms with E-state index in [2.05, 4.69) is 16.4 Å². The first-order valence-corrected chi connectivity index (χ1v) is 5.96. The number of hydrogen-bond acceptors (Lipinski definition) is 2. The van der Waals surface area contributed by atoms with Gasteiger partial charge >= 0.3 is 0 Å². The fraction of sp³-hybridized carbons (Fsp3) is 0.308. The molecule has 0 unspecified atom stereocenters. The van der Waals surface area contributed by atoms with Gasteiger partial charge in [-0.15, -0.1) is 0 Å². The second kappa shape index (κ2) is 5.34. The van der Waals surface area contributed by atoms with Gasteiger partial charge in [-0.1, -0.05) is 17.7 Å². The molecule has 2 rings (SSSR count). The van der Waals surface area contributed by atoms with E-state index in [1.807, 2.05) is 43.2 Å². The minimum Gasteiger partial charge on any atom is -0.338 e. The van der Waals surface area contributed by atoms with Crippen LogP contribution in [0.15, 0.2) is 30.6 Å². The van der Waals surface area contributed by atoms with Gasteiger partial charge in [-0.3, -0.25) is 0 Å². The Hall–Kier alpha value is -1.32. The lowest BCUT2D eigenvalue weighted by Gasteiger charge is -2.10. The van der Waals surface area contributed by atoms with E-state index >= 15 is 0 Å². The van der Waals surface area contributed by atoms with Crippen LogP contribution >= 0.6 is 11.6 Å². The lowest BCUT2D eigenvalue weighted by atomic mass is 10.0. The summed E-state index contributed by atoms with van der Waals surface area (Å²) in [5.41, 5.74) is 2.49. The Morgan fingerprint density at radius 3 is 2.82 bits per heavy atom. The summed E-state index contributed by atoms with van der Waals surface area (Å²) in [7, 11) is 3.95. The van der Waals surface area contributed by atoms with Crippen molar-refractivity contribution in [3.63, 3.8) is 0 Å². The standard InChI is InChI=1S/C13H16ClN3/c1-15-9-10-3-4-12(14)7-11(10)8-13-16-5-6-17(13)2/h3-7,15H,8-9H2,1-2H3. The number of aromatic nitrogens is 2. The van der Waals surface area contributed by atoms with E-state index < -0.39 is 0 Å². The van der Waals surface area contributed by atoms with Crippen LogP contribution in [-0.4, -0.2) is 16.6 Å². The highest BCUT2D eigenvalue weighted by Crippen LogP contribution is 2.18. The molecule has 0 radical (unpaired) electrons. The summed E-state index contributed by atoms with van der Waals surface area (Å²) in [4.78, 5) is 4.34. The Morgan fingerprint density at radius 1 is 1.35 bits per heavy atom. The molecule has 3 nitrogen and oxygen atoms in total. The van der Waals surface area contributed by atoms with Gasteiger partial charge in [-0.05, 0) is 30.3 Å². The maximum Gasteiger partial charge on any atom is 0.112 e. The summed E-state index contributed by atoms with van der Waals surface area (Å²) >= 11 is 6.05. The van der Waals surface area contributed by atoms with Crippen molar-refractivity contribution in [3.05, 3.63) is 52.6 Å². The molecule has 2 aromatic rings. The van der Waals surface area contributed by atoms with Crippen LogP contribution in [0.25, 0.3) is 0 Å². The van der Waals surface area contributed by atoms with Gasteiger partial charge in [0.25, 0.3) is 0 Å². The van der Waals surface area contributed by atoms with E-state index in [1.54, 1.807) is 0 Å². The Bertz CT molecular complexity index is 505. The molecule has 0 saturated carbocycles.